The predicted molar refractivity (Wildman–Crippen MR) is 238 cm³/mol. The summed E-state index contributed by atoms with van der Waals surface area (Å²) in [4.78, 5) is 5.06. The van der Waals surface area contributed by atoms with Gasteiger partial charge in [-0.2, -0.15) is 0 Å². The highest BCUT2D eigenvalue weighted by Crippen LogP contribution is 2.55. The Kier molecular flexibility index (Phi) is 9.33. The second-order valence-electron chi connectivity index (χ2n) is 15.7. The Morgan fingerprint density at radius 1 is 0.364 bits per heavy atom. The third kappa shape index (κ3) is 6.39. The summed E-state index contributed by atoms with van der Waals surface area (Å²) in [6, 6.07) is 59.3. The molecule has 8 aromatic rings. The van der Waals surface area contributed by atoms with Gasteiger partial charge >= 0.3 is 0 Å². The summed E-state index contributed by atoms with van der Waals surface area (Å²) >= 11 is 1.92. The maximum absolute atomic E-state index is 2.53. The number of hydrogen-bond donors (Lipinski definition) is 0. The fraction of sp³-hybridized carbons (Fsp3) is 0.231. The number of nitrogens with zero attached hydrogens (tertiary/aromatic N) is 2. The first-order valence-electron chi connectivity index (χ1n) is 20.6. The normalized spacial score (nSPS) is 15.5. The van der Waals surface area contributed by atoms with E-state index in [-0.39, 0.29) is 0 Å². The van der Waals surface area contributed by atoms with Crippen molar-refractivity contribution >= 4 is 76.4 Å². The number of hydrogen-bond acceptors (Lipinski definition) is 3. The van der Waals surface area contributed by atoms with Crippen molar-refractivity contribution < 1.29 is 0 Å². The van der Waals surface area contributed by atoms with Crippen molar-refractivity contribution in [3.05, 3.63) is 169 Å². The molecule has 1 heterocycles. The van der Waals surface area contributed by atoms with Gasteiger partial charge in [0.1, 0.15) is 0 Å². The van der Waals surface area contributed by atoms with Gasteiger partial charge in [0.25, 0.3) is 0 Å². The van der Waals surface area contributed by atoms with Crippen LogP contribution in [0, 0.1) is 0 Å². The molecular weight excluding hydrogens is 685 g/mol. The molecule has 0 aliphatic heterocycles. The minimum absolute atomic E-state index is 0.668. The maximum atomic E-state index is 2.53. The lowest BCUT2D eigenvalue weighted by Gasteiger charge is -2.32. The highest BCUT2D eigenvalue weighted by molar-refractivity contribution is 7.26. The molecule has 272 valence electrons. The van der Waals surface area contributed by atoms with Gasteiger partial charge in [-0.15, -0.1) is 11.3 Å². The first-order chi connectivity index (χ1) is 27.3. The van der Waals surface area contributed by atoms with Crippen LogP contribution in [0.1, 0.15) is 87.2 Å². The van der Waals surface area contributed by atoms with Crippen LogP contribution < -0.4 is 9.80 Å². The Hall–Kier alpha value is -5.38. The molecule has 0 atom stereocenters. The van der Waals surface area contributed by atoms with Crippen molar-refractivity contribution in [2.75, 3.05) is 9.80 Å². The van der Waals surface area contributed by atoms with Gasteiger partial charge < -0.3 is 9.80 Å². The van der Waals surface area contributed by atoms with E-state index < -0.39 is 0 Å². The van der Waals surface area contributed by atoms with Crippen molar-refractivity contribution in [1.82, 2.24) is 0 Å². The van der Waals surface area contributed by atoms with Crippen molar-refractivity contribution in [3.63, 3.8) is 0 Å². The van der Waals surface area contributed by atoms with E-state index in [2.05, 4.69) is 168 Å². The molecule has 0 unspecified atom stereocenters. The van der Waals surface area contributed by atoms with Crippen LogP contribution in [0.3, 0.4) is 0 Å². The van der Waals surface area contributed by atoms with Crippen molar-refractivity contribution in [2.45, 2.75) is 76.0 Å². The van der Waals surface area contributed by atoms with E-state index in [1.807, 2.05) is 11.3 Å². The van der Waals surface area contributed by atoms with Gasteiger partial charge in [0.2, 0.25) is 0 Å². The molecule has 0 saturated heterocycles. The molecule has 1 aromatic heterocycles. The molecule has 3 heteroatoms. The highest BCUT2D eigenvalue weighted by Gasteiger charge is 2.28. The smallest absolute Gasteiger partial charge is 0.0720 e. The van der Waals surface area contributed by atoms with Gasteiger partial charge in [0.15, 0.2) is 0 Å². The van der Waals surface area contributed by atoms with E-state index in [4.69, 9.17) is 0 Å². The summed E-state index contributed by atoms with van der Waals surface area (Å²) in [6.07, 6.45) is 13.3. The van der Waals surface area contributed by atoms with Crippen LogP contribution in [-0.2, 0) is 0 Å². The molecule has 10 rings (SSSR count). The lowest BCUT2D eigenvalue weighted by molar-refractivity contribution is 0.443. The molecule has 0 N–H and O–H groups in total. The van der Waals surface area contributed by atoms with E-state index in [1.54, 1.807) is 0 Å². The van der Waals surface area contributed by atoms with Gasteiger partial charge in [0.05, 0.1) is 16.1 Å². The summed E-state index contributed by atoms with van der Waals surface area (Å²) in [5.41, 5.74) is 10.2. The molecule has 0 spiro atoms. The molecule has 55 heavy (non-hydrogen) atoms. The Balaban J connectivity index is 1.24. The average molecular weight is 733 g/mol. The molecule has 2 aliphatic rings. The third-order valence-corrected chi connectivity index (χ3v) is 13.6. The van der Waals surface area contributed by atoms with Crippen LogP contribution >= 0.6 is 11.3 Å². The molecule has 2 nitrogen and oxygen atoms in total. The highest BCUT2D eigenvalue weighted by atomic mass is 32.1. The molecule has 7 aromatic carbocycles. The number of fused-ring (bicyclic) bond motifs is 4. The van der Waals surface area contributed by atoms with E-state index in [9.17, 15) is 0 Å². The average Bonchev–Trinajstić information content (AvgIpc) is 3.66. The third-order valence-electron chi connectivity index (χ3n) is 12.4. The van der Waals surface area contributed by atoms with Crippen LogP contribution in [0.4, 0.5) is 34.1 Å². The molecule has 0 bridgehead atoms. The van der Waals surface area contributed by atoms with Gasteiger partial charge in [-0.1, -0.05) is 142 Å². The summed E-state index contributed by atoms with van der Waals surface area (Å²) < 4.78 is 2.60. The van der Waals surface area contributed by atoms with E-state index in [1.165, 1.54) is 140 Å². The Bertz CT molecular complexity index is 2540. The number of benzene rings is 7. The molecule has 2 fully saturated rings. The topological polar surface area (TPSA) is 6.48 Å². The zero-order chi connectivity index (χ0) is 36.6. The van der Waals surface area contributed by atoms with Crippen LogP contribution in [0.2, 0.25) is 0 Å². The van der Waals surface area contributed by atoms with Crippen molar-refractivity contribution in [2.24, 2.45) is 0 Å². The van der Waals surface area contributed by atoms with E-state index in [0.717, 1.165) is 0 Å². The lowest BCUT2D eigenvalue weighted by Crippen LogP contribution is -2.14. The lowest BCUT2D eigenvalue weighted by atomic mass is 9.84. The maximum Gasteiger partial charge on any atom is 0.0720 e. The Labute approximate surface area is 329 Å². The number of para-hydroxylation sites is 2. The summed E-state index contributed by atoms with van der Waals surface area (Å²) in [5, 5.41) is 5.09. The standard InChI is InChI=1S/C52H48N2S/c1-5-17-37(18-6-1)39-29-33-43(34-30-39)53(41-21-9-3-10-22-41)50-45-25-13-14-26-46(45)51(52-49(50)47-27-15-16-28-48(47)55-52)54(42-23-11-4-12-24-42)44-35-31-40(32-36-44)38-19-7-2-8-20-38/h3-4,9-16,21-38H,1-2,5-8,17-20H2. The SMILES string of the molecule is c1ccc(N(c2ccc(C3CCCCC3)cc2)c2c3ccccc3c(N(c3ccccc3)c3ccc(C4CCCCC4)cc3)c3c2sc2ccccc23)cc1. The first-order valence-corrected chi connectivity index (χ1v) is 21.4. The molecule has 2 saturated carbocycles. The zero-order valence-electron chi connectivity index (χ0n) is 31.5. The minimum atomic E-state index is 0.668. The summed E-state index contributed by atoms with van der Waals surface area (Å²) in [6.45, 7) is 0. The second kappa shape index (κ2) is 15.0. The molecular formula is C52H48N2S. The fourth-order valence-corrected chi connectivity index (χ4v) is 10.9. The second-order valence-corrected chi connectivity index (χ2v) is 16.8. The van der Waals surface area contributed by atoms with Crippen molar-refractivity contribution in [3.8, 4) is 0 Å². The van der Waals surface area contributed by atoms with Gasteiger partial charge in [-0.05, 0) is 103 Å². The van der Waals surface area contributed by atoms with E-state index >= 15 is 0 Å². The van der Waals surface area contributed by atoms with Gasteiger partial charge in [0, 0.05) is 49.0 Å². The number of anilines is 6. The number of thiophene rings is 1. The minimum Gasteiger partial charge on any atom is -0.309 e. The largest absolute Gasteiger partial charge is 0.309 e. The van der Waals surface area contributed by atoms with Crippen LogP contribution in [0.5, 0.6) is 0 Å². The predicted octanol–water partition coefficient (Wildman–Crippen LogP) is 16.2. The summed E-state index contributed by atoms with van der Waals surface area (Å²) in [7, 11) is 0. The van der Waals surface area contributed by atoms with E-state index in [0.29, 0.717) is 11.8 Å². The first kappa shape index (κ1) is 34.1. The molecule has 2 aliphatic carbocycles. The zero-order valence-corrected chi connectivity index (χ0v) is 32.4. The monoisotopic (exact) mass is 732 g/mol. The van der Waals surface area contributed by atoms with Crippen LogP contribution in [0.15, 0.2) is 158 Å². The van der Waals surface area contributed by atoms with Gasteiger partial charge in [-0.25, -0.2) is 0 Å². The number of rotatable bonds is 8. The van der Waals surface area contributed by atoms with Crippen LogP contribution in [-0.4, -0.2) is 0 Å². The Morgan fingerprint density at radius 3 is 1.27 bits per heavy atom. The van der Waals surface area contributed by atoms with Crippen molar-refractivity contribution in [1.29, 1.82) is 0 Å². The Morgan fingerprint density at radius 2 is 0.764 bits per heavy atom. The molecule has 0 amide bonds. The molecule has 0 radical (unpaired) electrons. The van der Waals surface area contributed by atoms with Crippen LogP contribution in [0.25, 0.3) is 30.9 Å². The quantitative estimate of drug-likeness (QED) is 0.144. The summed E-state index contributed by atoms with van der Waals surface area (Å²) in [5.74, 6) is 1.34. The fourth-order valence-electron chi connectivity index (χ4n) is 9.69. The van der Waals surface area contributed by atoms with Gasteiger partial charge in [-0.3, -0.25) is 0 Å².